The minimum atomic E-state index is 0.374. The van der Waals surface area contributed by atoms with Gasteiger partial charge in [0.15, 0.2) is 0 Å². The molecule has 1 aliphatic carbocycles. The second-order valence-corrected chi connectivity index (χ2v) is 5.08. The maximum atomic E-state index is 5.85. The van der Waals surface area contributed by atoms with E-state index in [1.54, 1.807) is 0 Å². The van der Waals surface area contributed by atoms with E-state index in [1.165, 1.54) is 25.7 Å². The second kappa shape index (κ2) is 6.49. The largest absolute Gasteiger partial charge is 0.377 e. The van der Waals surface area contributed by atoms with Crippen LogP contribution in [0.25, 0.3) is 0 Å². The lowest BCUT2D eigenvalue weighted by molar-refractivity contribution is 0.00254. The van der Waals surface area contributed by atoms with Gasteiger partial charge in [-0.25, -0.2) is 0 Å². The molecule has 90 valence electrons. The third kappa shape index (κ3) is 4.52. The average molecular weight is 213 g/mol. The molecule has 2 nitrogen and oxygen atoms in total. The Bertz CT molecular complexity index is 166. The van der Waals surface area contributed by atoms with Crippen LogP contribution in [0.2, 0.25) is 0 Å². The van der Waals surface area contributed by atoms with Crippen LogP contribution in [0, 0.1) is 11.8 Å². The number of rotatable bonds is 8. The summed E-state index contributed by atoms with van der Waals surface area (Å²) in [6, 6.07) is 0.533. The van der Waals surface area contributed by atoms with Gasteiger partial charge in [0.1, 0.15) is 0 Å². The zero-order chi connectivity index (χ0) is 11.3. The van der Waals surface area contributed by atoms with Gasteiger partial charge in [0.2, 0.25) is 0 Å². The Morgan fingerprint density at radius 1 is 1.33 bits per heavy atom. The lowest BCUT2D eigenvalue weighted by Crippen LogP contribution is -2.42. The molecule has 1 aliphatic rings. The molecule has 1 saturated carbocycles. The molecule has 1 N–H and O–H groups in total. The molecule has 0 aromatic heterocycles. The average Bonchev–Trinajstić information content (AvgIpc) is 3.00. The highest BCUT2D eigenvalue weighted by Gasteiger charge is 2.27. The Morgan fingerprint density at radius 2 is 2.00 bits per heavy atom. The first-order valence-electron chi connectivity index (χ1n) is 6.47. The van der Waals surface area contributed by atoms with Crippen LogP contribution < -0.4 is 5.32 Å². The summed E-state index contributed by atoms with van der Waals surface area (Å²) in [7, 11) is 2.06. The maximum Gasteiger partial charge on any atom is 0.0750 e. The quantitative estimate of drug-likeness (QED) is 0.669. The zero-order valence-electron chi connectivity index (χ0n) is 10.8. The van der Waals surface area contributed by atoms with Crippen molar-refractivity contribution < 1.29 is 4.74 Å². The van der Waals surface area contributed by atoms with E-state index in [0.717, 1.165) is 12.5 Å². The van der Waals surface area contributed by atoms with Crippen LogP contribution in [0.1, 0.15) is 46.5 Å². The maximum absolute atomic E-state index is 5.85. The first kappa shape index (κ1) is 13.0. The fourth-order valence-corrected chi connectivity index (χ4v) is 2.26. The van der Waals surface area contributed by atoms with Gasteiger partial charge in [-0.15, -0.1) is 0 Å². The molecular formula is C13H27NO. The van der Waals surface area contributed by atoms with Gasteiger partial charge < -0.3 is 10.1 Å². The van der Waals surface area contributed by atoms with E-state index in [2.05, 4.69) is 33.1 Å². The Morgan fingerprint density at radius 3 is 2.40 bits per heavy atom. The molecular weight excluding hydrogens is 186 g/mol. The Kier molecular flexibility index (Phi) is 5.62. The van der Waals surface area contributed by atoms with Gasteiger partial charge in [-0.2, -0.15) is 0 Å². The highest BCUT2D eigenvalue weighted by Crippen LogP contribution is 2.34. The van der Waals surface area contributed by atoms with Crippen molar-refractivity contribution in [3.05, 3.63) is 0 Å². The van der Waals surface area contributed by atoms with E-state index in [0.29, 0.717) is 18.1 Å². The van der Waals surface area contributed by atoms with Crippen molar-refractivity contribution in [2.45, 2.75) is 58.6 Å². The SMILES string of the molecule is CCOC(C(C)C)C(CCC1CC1)NC. The third-order valence-corrected chi connectivity index (χ3v) is 3.37. The first-order valence-corrected chi connectivity index (χ1v) is 6.47. The Labute approximate surface area is 94.8 Å². The summed E-state index contributed by atoms with van der Waals surface area (Å²) in [5.74, 6) is 1.62. The summed E-state index contributed by atoms with van der Waals surface area (Å²) in [5.41, 5.74) is 0. The minimum Gasteiger partial charge on any atom is -0.377 e. The molecule has 1 fully saturated rings. The summed E-state index contributed by atoms with van der Waals surface area (Å²) in [6.07, 6.45) is 5.93. The molecule has 2 heteroatoms. The van der Waals surface area contributed by atoms with Gasteiger partial charge in [0.25, 0.3) is 0 Å². The van der Waals surface area contributed by atoms with Crippen LogP contribution in [0.15, 0.2) is 0 Å². The Hall–Kier alpha value is -0.0800. The smallest absolute Gasteiger partial charge is 0.0750 e. The van der Waals surface area contributed by atoms with E-state index < -0.39 is 0 Å². The normalized spacial score (nSPS) is 20.6. The van der Waals surface area contributed by atoms with E-state index >= 15 is 0 Å². The molecule has 0 bridgehead atoms. The molecule has 0 radical (unpaired) electrons. The van der Waals surface area contributed by atoms with Gasteiger partial charge in [-0.05, 0) is 38.6 Å². The first-order chi connectivity index (χ1) is 7.19. The van der Waals surface area contributed by atoms with Gasteiger partial charge in [-0.1, -0.05) is 26.7 Å². The molecule has 2 unspecified atom stereocenters. The minimum absolute atomic E-state index is 0.374. The van der Waals surface area contributed by atoms with Crippen LogP contribution in [-0.4, -0.2) is 25.8 Å². The summed E-state index contributed by atoms with van der Waals surface area (Å²) in [6.45, 7) is 7.41. The molecule has 0 saturated heterocycles. The molecule has 0 spiro atoms. The van der Waals surface area contributed by atoms with E-state index in [9.17, 15) is 0 Å². The molecule has 0 heterocycles. The molecule has 0 aromatic carbocycles. The van der Waals surface area contributed by atoms with Crippen molar-refractivity contribution >= 4 is 0 Å². The number of hydrogen-bond acceptors (Lipinski definition) is 2. The lowest BCUT2D eigenvalue weighted by Gasteiger charge is -2.30. The van der Waals surface area contributed by atoms with Gasteiger partial charge in [0, 0.05) is 12.6 Å². The van der Waals surface area contributed by atoms with Crippen LogP contribution in [0.5, 0.6) is 0 Å². The van der Waals surface area contributed by atoms with E-state index in [1.807, 2.05) is 0 Å². The highest BCUT2D eigenvalue weighted by molar-refractivity contribution is 4.82. The van der Waals surface area contributed by atoms with E-state index in [-0.39, 0.29) is 0 Å². The fraction of sp³-hybridized carbons (Fsp3) is 1.00. The van der Waals surface area contributed by atoms with Crippen molar-refractivity contribution in [1.82, 2.24) is 5.32 Å². The summed E-state index contributed by atoms with van der Waals surface area (Å²) < 4.78 is 5.85. The number of ether oxygens (including phenoxy) is 1. The summed E-state index contributed by atoms with van der Waals surface area (Å²) in [4.78, 5) is 0. The van der Waals surface area contributed by atoms with Crippen LogP contribution in [0.4, 0.5) is 0 Å². The third-order valence-electron chi connectivity index (χ3n) is 3.37. The lowest BCUT2D eigenvalue weighted by atomic mass is 9.95. The van der Waals surface area contributed by atoms with Crippen LogP contribution in [-0.2, 0) is 4.74 Å². The van der Waals surface area contributed by atoms with Gasteiger partial charge in [0.05, 0.1) is 6.10 Å². The fourth-order valence-electron chi connectivity index (χ4n) is 2.26. The zero-order valence-corrected chi connectivity index (χ0v) is 10.8. The molecule has 0 aliphatic heterocycles. The predicted molar refractivity (Wildman–Crippen MR) is 65.1 cm³/mol. The Balaban J connectivity index is 2.35. The van der Waals surface area contributed by atoms with Gasteiger partial charge in [-0.3, -0.25) is 0 Å². The van der Waals surface area contributed by atoms with Gasteiger partial charge >= 0.3 is 0 Å². The molecule has 0 aromatic rings. The van der Waals surface area contributed by atoms with Crippen molar-refractivity contribution in [3.63, 3.8) is 0 Å². The number of likely N-dealkylation sites (N-methyl/N-ethyl adjacent to an activating group) is 1. The van der Waals surface area contributed by atoms with Crippen molar-refractivity contribution in [2.75, 3.05) is 13.7 Å². The molecule has 1 rings (SSSR count). The predicted octanol–water partition coefficient (Wildman–Crippen LogP) is 2.83. The number of nitrogens with one attached hydrogen (secondary N) is 1. The number of hydrogen-bond donors (Lipinski definition) is 1. The molecule has 15 heavy (non-hydrogen) atoms. The van der Waals surface area contributed by atoms with Crippen LogP contribution in [0.3, 0.4) is 0 Å². The van der Waals surface area contributed by atoms with Crippen molar-refractivity contribution in [3.8, 4) is 0 Å². The second-order valence-electron chi connectivity index (χ2n) is 5.08. The van der Waals surface area contributed by atoms with E-state index in [4.69, 9.17) is 4.74 Å². The summed E-state index contributed by atoms with van der Waals surface area (Å²) >= 11 is 0. The van der Waals surface area contributed by atoms with Crippen molar-refractivity contribution in [2.24, 2.45) is 11.8 Å². The van der Waals surface area contributed by atoms with Crippen LogP contribution >= 0.6 is 0 Å². The summed E-state index contributed by atoms with van der Waals surface area (Å²) in [5, 5.41) is 3.43. The topological polar surface area (TPSA) is 21.3 Å². The standard InChI is InChI=1S/C13H27NO/c1-5-15-13(10(2)3)12(14-4)9-8-11-6-7-11/h10-14H,5-9H2,1-4H3. The van der Waals surface area contributed by atoms with Crippen molar-refractivity contribution in [1.29, 1.82) is 0 Å². The highest BCUT2D eigenvalue weighted by atomic mass is 16.5. The monoisotopic (exact) mass is 213 g/mol. The molecule has 2 atom stereocenters. The molecule has 0 amide bonds.